The molecule has 1 aliphatic carbocycles. The van der Waals surface area contributed by atoms with E-state index in [0.29, 0.717) is 23.7 Å². The van der Waals surface area contributed by atoms with Crippen LogP contribution in [-0.4, -0.2) is 31.1 Å². The molecule has 2 aromatic heterocycles. The first-order chi connectivity index (χ1) is 11.7. The Morgan fingerprint density at radius 1 is 1.25 bits per heavy atom. The van der Waals surface area contributed by atoms with Crippen LogP contribution in [-0.2, 0) is 13.2 Å². The molecule has 24 heavy (non-hydrogen) atoms. The van der Waals surface area contributed by atoms with Crippen LogP contribution in [0.4, 0.5) is 0 Å². The Morgan fingerprint density at radius 3 is 2.83 bits per heavy atom. The number of nitrogens with zero attached hydrogens (tertiary/aromatic N) is 4. The fourth-order valence-electron chi connectivity index (χ4n) is 3.37. The molecule has 2 N–H and O–H groups in total. The molecule has 6 heteroatoms. The molecule has 0 aliphatic heterocycles. The molecule has 1 fully saturated rings. The molecule has 130 valence electrons. The molecule has 0 aromatic carbocycles. The van der Waals surface area contributed by atoms with E-state index in [-0.39, 0.29) is 6.61 Å². The highest BCUT2D eigenvalue weighted by molar-refractivity contribution is 5.14. The van der Waals surface area contributed by atoms with Crippen molar-refractivity contribution in [2.75, 3.05) is 0 Å². The van der Waals surface area contributed by atoms with Crippen molar-refractivity contribution in [3.05, 3.63) is 41.5 Å². The summed E-state index contributed by atoms with van der Waals surface area (Å²) in [6.45, 7) is 5.04. The third-order valence-electron chi connectivity index (χ3n) is 4.75. The van der Waals surface area contributed by atoms with Crippen LogP contribution in [0, 0.1) is 0 Å². The average Bonchev–Trinajstić information content (AvgIpc) is 3.09. The standard InChI is InChI=1S/C18H27N5O/c1-13(2)16-8-5-6-14(20-16)10-19-17-7-3-4-9-18(17)23-11-15(12-24)21-22-23/h5-6,8,11,13,17-19,24H,3-4,7,9-10,12H2,1-2H3/t17-,18+/m0/s1. The summed E-state index contributed by atoms with van der Waals surface area (Å²) < 4.78 is 1.92. The number of pyridine rings is 1. The molecule has 2 aromatic rings. The van der Waals surface area contributed by atoms with E-state index >= 15 is 0 Å². The number of aliphatic hydroxyl groups excluding tert-OH is 1. The van der Waals surface area contributed by atoms with E-state index in [9.17, 15) is 5.11 Å². The van der Waals surface area contributed by atoms with Crippen molar-refractivity contribution < 1.29 is 5.11 Å². The second-order valence-electron chi connectivity index (χ2n) is 6.90. The van der Waals surface area contributed by atoms with Gasteiger partial charge in [0.15, 0.2) is 0 Å². The van der Waals surface area contributed by atoms with E-state index in [1.807, 2.05) is 10.9 Å². The largest absolute Gasteiger partial charge is 0.390 e. The highest BCUT2D eigenvalue weighted by Gasteiger charge is 2.27. The summed E-state index contributed by atoms with van der Waals surface area (Å²) in [7, 11) is 0. The van der Waals surface area contributed by atoms with Crippen molar-refractivity contribution in [2.24, 2.45) is 0 Å². The topological polar surface area (TPSA) is 75.9 Å². The van der Waals surface area contributed by atoms with Crippen molar-refractivity contribution in [2.45, 2.75) is 70.7 Å². The van der Waals surface area contributed by atoms with Crippen LogP contribution in [0.25, 0.3) is 0 Å². The van der Waals surface area contributed by atoms with E-state index in [1.54, 1.807) is 0 Å². The fourth-order valence-corrected chi connectivity index (χ4v) is 3.37. The first kappa shape index (κ1) is 17.0. The maximum absolute atomic E-state index is 9.20. The van der Waals surface area contributed by atoms with Gasteiger partial charge in [-0.15, -0.1) is 5.10 Å². The molecule has 0 saturated heterocycles. The van der Waals surface area contributed by atoms with Gasteiger partial charge in [-0.3, -0.25) is 4.98 Å². The number of aliphatic hydroxyl groups is 1. The van der Waals surface area contributed by atoms with Crippen molar-refractivity contribution in [1.82, 2.24) is 25.3 Å². The number of aromatic nitrogens is 4. The zero-order valence-corrected chi connectivity index (χ0v) is 14.5. The molecular formula is C18H27N5O. The Bertz CT molecular complexity index is 654. The van der Waals surface area contributed by atoms with Crippen LogP contribution in [0.3, 0.4) is 0 Å². The molecular weight excluding hydrogens is 302 g/mol. The average molecular weight is 329 g/mol. The Hall–Kier alpha value is -1.79. The summed E-state index contributed by atoms with van der Waals surface area (Å²) in [5, 5.41) is 21.1. The van der Waals surface area contributed by atoms with E-state index in [1.165, 1.54) is 12.8 Å². The minimum absolute atomic E-state index is 0.0588. The van der Waals surface area contributed by atoms with E-state index in [4.69, 9.17) is 4.98 Å². The van der Waals surface area contributed by atoms with Crippen LogP contribution < -0.4 is 5.32 Å². The van der Waals surface area contributed by atoms with Crippen molar-refractivity contribution >= 4 is 0 Å². The lowest BCUT2D eigenvalue weighted by atomic mass is 9.90. The van der Waals surface area contributed by atoms with Gasteiger partial charge in [-0.2, -0.15) is 0 Å². The zero-order chi connectivity index (χ0) is 16.9. The molecule has 0 spiro atoms. The molecule has 0 amide bonds. The van der Waals surface area contributed by atoms with Crippen molar-refractivity contribution in [1.29, 1.82) is 0 Å². The van der Waals surface area contributed by atoms with Crippen molar-refractivity contribution in [3.63, 3.8) is 0 Å². The molecule has 1 saturated carbocycles. The predicted molar refractivity (Wildman–Crippen MR) is 92.4 cm³/mol. The second-order valence-corrected chi connectivity index (χ2v) is 6.90. The minimum atomic E-state index is -0.0588. The minimum Gasteiger partial charge on any atom is -0.390 e. The normalized spacial score (nSPS) is 21.3. The first-order valence-electron chi connectivity index (χ1n) is 8.88. The summed E-state index contributed by atoms with van der Waals surface area (Å²) >= 11 is 0. The van der Waals surface area contributed by atoms with Gasteiger partial charge in [0.05, 0.1) is 24.5 Å². The van der Waals surface area contributed by atoms with E-state index < -0.39 is 0 Å². The summed E-state index contributed by atoms with van der Waals surface area (Å²) in [6.07, 6.45) is 6.52. The van der Waals surface area contributed by atoms with Crippen molar-refractivity contribution in [3.8, 4) is 0 Å². The molecule has 6 nitrogen and oxygen atoms in total. The SMILES string of the molecule is CC(C)c1cccc(CN[C@H]2CCCC[C@H]2n2cc(CO)nn2)n1. The van der Waals surface area contributed by atoms with Gasteiger partial charge in [-0.25, -0.2) is 4.68 Å². The molecule has 0 unspecified atom stereocenters. The lowest BCUT2D eigenvalue weighted by molar-refractivity contribution is 0.241. The molecule has 1 aliphatic rings. The first-order valence-corrected chi connectivity index (χ1v) is 8.88. The van der Waals surface area contributed by atoms with Crippen LogP contribution in [0.15, 0.2) is 24.4 Å². The molecule has 3 rings (SSSR count). The zero-order valence-electron chi connectivity index (χ0n) is 14.5. The molecule has 0 radical (unpaired) electrons. The van der Waals surface area contributed by atoms with Gasteiger partial charge in [0, 0.05) is 18.3 Å². The predicted octanol–water partition coefficient (Wildman–Crippen LogP) is 2.56. The number of nitrogens with one attached hydrogen (secondary N) is 1. The summed E-state index contributed by atoms with van der Waals surface area (Å²) in [4.78, 5) is 4.74. The summed E-state index contributed by atoms with van der Waals surface area (Å²) in [5.41, 5.74) is 2.85. The van der Waals surface area contributed by atoms with Crippen LogP contribution in [0.1, 0.15) is 68.6 Å². The van der Waals surface area contributed by atoms with E-state index in [0.717, 1.165) is 30.8 Å². The highest BCUT2D eigenvalue weighted by atomic mass is 16.3. The van der Waals surface area contributed by atoms with Gasteiger partial charge in [-0.05, 0) is 30.9 Å². The van der Waals surface area contributed by atoms with Gasteiger partial charge in [-0.1, -0.05) is 38.0 Å². The maximum atomic E-state index is 9.20. The smallest absolute Gasteiger partial charge is 0.108 e. The van der Waals surface area contributed by atoms with Crippen LogP contribution >= 0.6 is 0 Å². The van der Waals surface area contributed by atoms with E-state index in [2.05, 4.69) is 47.7 Å². The summed E-state index contributed by atoms with van der Waals surface area (Å²) in [6, 6.07) is 6.90. The van der Waals surface area contributed by atoms with Gasteiger partial charge in [0.2, 0.25) is 0 Å². The Kier molecular flexibility index (Phi) is 5.58. The quantitative estimate of drug-likeness (QED) is 0.852. The van der Waals surface area contributed by atoms with Gasteiger partial charge in [0.25, 0.3) is 0 Å². The lowest BCUT2D eigenvalue weighted by Crippen LogP contribution is -2.40. The Balaban J connectivity index is 1.67. The highest BCUT2D eigenvalue weighted by Crippen LogP contribution is 2.28. The molecule has 2 atom stereocenters. The third kappa shape index (κ3) is 3.99. The Labute approximate surface area is 143 Å². The molecule has 0 bridgehead atoms. The lowest BCUT2D eigenvalue weighted by Gasteiger charge is -2.32. The van der Waals surface area contributed by atoms with Gasteiger partial charge in [0.1, 0.15) is 5.69 Å². The fraction of sp³-hybridized carbons (Fsp3) is 0.611. The van der Waals surface area contributed by atoms with Crippen LogP contribution in [0.2, 0.25) is 0 Å². The maximum Gasteiger partial charge on any atom is 0.108 e. The molecule has 2 heterocycles. The third-order valence-corrected chi connectivity index (χ3v) is 4.75. The van der Waals surface area contributed by atoms with Crippen LogP contribution in [0.5, 0.6) is 0 Å². The monoisotopic (exact) mass is 329 g/mol. The second kappa shape index (κ2) is 7.85. The Morgan fingerprint density at radius 2 is 2.08 bits per heavy atom. The van der Waals surface area contributed by atoms with Gasteiger partial charge >= 0.3 is 0 Å². The number of hydrogen-bond donors (Lipinski definition) is 2. The summed E-state index contributed by atoms with van der Waals surface area (Å²) in [5.74, 6) is 0.444. The van der Waals surface area contributed by atoms with Gasteiger partial charge < -0.3 is 10.4 Å². The number of rotatable bonds is 6. The number of hydrogen-bond acceptors (Lipinski definition) is 5.